The fourth-order valence-corrected chi connectivity index (χ4v) is 4.05. The lowest BCUT2D eigenvalue weighted by molar-refractivity contribution is -0.123. The van der Waals surface area contributed by atoms with Gasteiger partial charge >= 0.3 is 0 Å². The monoisotopic (exact) mass is 352 g/mol. The Morgan fingerprint density at radius 1 is 1.29 bits per heavy atom. The van der Waals surface area contributed by atoms with Crippen LogP contribution in [0.5, 0.6) is 0 Å². The molecule has 1 aromatic carbocycles. The van der Waals surface area contributed by atoms with Gasteiger partial charge < -0.3 is 0 Å². The van der Waals surface area contributed by atoms with Gasteiger partial charge in [0.25, 0.3) is 15.9 Å². The van der Waals surface area contributed by atoms with E-state index in [2.05, 4.69) is 0 Å². The molecule has 0 aliphatic rings. The van der Waals surface area contributed by atoms with Crippen LogP contribution >= 0.6 is 23.2 Å². The van der Waals surface area contributed by atoms with E-state index in [9.17, 15) is 13.2 Å². The highest BCUT2D eigenvalue weighted by molar-refractivity contribution is 7.90. The first-order valence-corrected chi connectivity index (χ1v) is 8.61. The number of carbonyl (C=O) groups is 1. The van der Waals surface area contributed by atoms with Crippen LogP contribution in [0.25, 0.3) is 0 Å². The van der Waals surface area contributed by atoms with Crippen molar-refractivity contribution in [2.24, 2.45) is 0 Å². The summed E-state index contributed by atoms with van der Waals surface area (Å²) in [6, 6.07) is 3.81. The number of rotatable bonds is 6. The van der Waals surface area contributed by atoms with Gasteiger partial charge in [-0.25, -0.2) is 13.1 Å². The summed E-state index contributed by atoms with van der Waals surface area (Å²) in [4.78, 5) is 13.6. The number of likely N-dealkylation sites (N-methyl/N-ethyl adjacent to an activating group) is 1. The summed E-state index contributed by atoms with van der Waals surface area (Å²) in [6.45, 7) is 1.92. The van der Waals surface area contributed by atoms with Crippen LogP contribution in [-0.4, -0.2) is 39.4 Å². The van der Waals surface area contributed by atoms with Crippen molar-refractivity contribution in [1.29, 1.82) is 0 Å². The Balaban J connectivity index is 3.08. The Kier molecular flexibility index (Phi) is 6.46. The van der Waals surface area contributed by atoms with E-state index < -0.39 is 22.0 Å². The summed E-state index contributed by atoms with van der Waals surface area (Å²) in [7, 11) is -0.673. The zero-order chi connectivity index (χ0) is 16.2. The Morgan fingerprint density at radius 3 is 2.24 bits per heavy atom. The quantitative estimate of drug-likeness (QED) is 0.854. The molecule has 118 valence electrons. The van der Waals surface area contributed by atoms with Gasteiger partial charge in [-0.3, -0.25) is 9.69 Å². The zero-order valence-electron chi connectivity index (χ0n) is 12.1. The molecule has 5 nitrogen and oxygen atoms in total. The molecular weight excluding hydrogens is 335 g/mol. The van der Waals surface area contributed by atoms with Gasteiger partial charge in [0.15, 0.2) is 0 Å². The SMILES string of the molecule is CCC[C@H](C(=O)NS(=O)(=O)c1c(Cl)cccc1Cl)N(C)C. The Labute approximate surface area is 135 Å². The van der Waals surface area contributed by atoms with Gasteiger partial charge in [0, 0.05) is 0 Å². The number of benzene rings is 1. The third kappa shape index (κ3) is 4.57. The van der Waals surface area contributed by atoms with Crippen molar-refractivity contribution in [2.75, 3.05) is 14.1 Å². The molecule has 0 unspecified atom stereocenters. The number of sulfonamides is 1. The summed E-state index contributed by atoms with van der Waals surface area (Å²) in [5.41, 5.74) is 0. The molecular formula is C13H18Cl2N2O3S. The van der Waals surface area contributed by atoms with Crippen molar-refractivity contribution in [3.8, 4) is 0 Å². The normalized spacial score (nSPS) is 13.2. The smallest absolute Gasteiger partial charge is 0.267 e. The number of hydrogen-bond acceptors (Lipinski definition) is 4. The van der Waals surface area contributed by atoms with E-state index in [1.165, 1.54) is 18.2 Å². The molecule has 0 aliphatic carbocycles. The molecule has 0 saturated carbocycles. The third-order valence-corrected chi connectivity index (χ3v) is 5.21. The van der Waals surface area contributed by atoms with Crippen LogP contribution in [0.4, 0.5) is 0 Å². The summed E-state index contributed by atoms with van der Waals surface area (Å²) in [5.74, 6) is -0.599. The van der Waals surface area contributed by atoms with Crippen LogP contribution in [0.2, 0.25) is 10.0 Å². The summed E-state index contributed by atoms with van der Waals surface area (Å²) in [5, 5.41) is -0.0561. The van der Waals surface area contributed by atoms with E-state index in [1.807, 2.05) is 11.6 Å². The summed E-state index contributed by atoms with van der Waals surface area (Å²) >= 11 is 11.8. The largest absolute Gasteiger partial charge is 0.298 e. The molecule has 0 aliphatic heterocycles. The van der Waals surface area contributed by atoms with Gasteiger partial charge in [0.1, 0.15) is 4.90 Å². The summed E-state index contributed by atoms with van der Waals surface area (Å²) in [6.07, 6.45) is 1.30. The molecule has 0 saturated heterocycles. The zero-order valence-corrected chi connectivity index (χ0v) is 14.4. The molecule has 21 heavy (non-hydrogen) atoms. The van der Waals surface area contributed by atoms with Crippen LogP contribution in [0.15, 0.2) is 23.1 Å². The first kappa shape index (κ1) is 18.2. The maximum Gasteiger partial charge on any atom is 0.267 e. The highest BCUT2D eigenvalue weighted by atomic mass is 35.5. The van der Waals surface area contributed by atoms with Crippen molar-refractivity contribution in [3.63, 3.8) is 0 Å². The second-order valence-corrected chi connectivity index (χ2v) is 7.22. The Bertz CT molecular complexity index is 598. The predicted molar refractivity (Wildman–Crippen MR) is 84.2 cm³/mol. The standard InChI is InChI=1S/C13H18Cl2N2O3S/c1-4-6-11(17(2)3)13(18)16-21(19,20)12-9(14)7-5-8-10(12)15/h5,7-8,11H,4,6H2,1-3H3,(H,16,18)/t11-/m1/s1. The molecule has 0 bridgehead atoms. The van der Waals surface area contributed by atoms with Crippen molar-refractivity contribution < 1.29 is 13.2 Å². The number of amides is 1. The molecule has 1 amide bonds. The molecule has 0 heterocycles. The van der Waals surface area contributed by atoms with E-state index in [4.69, 9.17) is 23.2 Å². The maximum absolute atomic E-state index is 12.3. The number of hydrogen-bond donors (Lipinski definition) is 1. The number of halogens is 2. The molecule has 1 rings (SSSR count). The number of nitrogens with one attached hydrogen (secondary N) is 1. The van der Waals surface area contributed by atoms with E-state index in [0.29, 0.717) is 6.42 Å². The molecule has 0 aromatic heterocycles. The Hall–Kier alpha value is -0.820. The first-order valence-electron chi connectivity index (χ1n) is 6.37. The van der Waals surface area contributed by atoms with E-state index in [-0.39, 0.29) is 14.9 Å². The molecule has 1 atom stereocenters. The molecule has 0 radical (unpaired) electrons. The van der Waals surface area contributed by atoms with Gasteiger partial charge in [-0.15, -0.1) is 0 Å². The van der Waals surface area contributed by atoms with Gasteiger partial charge in [-0.05, 0) is 32.6 Å². The molecule has 0 fully saturated rings. The van der Waals surface area contributed by atoms with Gasteiger partial charge in [0.05, 0.1) is 16.1 Å². The fourth-order valence-electron chi connectivity index (χ4n) is 1.89. The first-order chi connectivity index (χ1) is 9.70. The lowest BCUT2D eigenvalue weighted by atomic mass is 10.1. The topological polar surface area (TPSA) is 66.5 Å². The lowest BCUT2D eigenvalue weighted by Crippen LogP contribution is -2.45. The van der Waals surface area contributed by atoms with Crippen LogP contribution in [0.3, 0.4) is 0 Å². The molecule has 1 N–H and O–H groups in total. The average molecular weight is 353 g/mol. The van der Waals surface area contributed by atoms with Crippen LogP contribution in [0, 0.1) is 0 Å². The molecule has 1 aromatic rings. The van der Waals surface area contributed by atoms with Crippen LogP contribution in [0.1, 0.15) is 19.8 Å². The van der Waals surface area contributed by atoms with Crippen LogP contribution < -0.4 is 4.72 Å². The summed E-state index contributed by atoms with van der Waals surface area (Å²) < 4.78 is 26.6. The highest BCUT2D eigenvalue weighted by Crippen LogP contribution is 2.28. The minimum atomic E-state index is -4.11. The van der Waals surface area contributed by atoms with Gasteiger partial charge in [-0.1, -0.05) is 42.6 Å². The van der Waals surface area contributed by atoms with E-state index in [0.717, 1.165) is 6.42 Å². The van der Waals surface area contributed by atoms with Crippen molar-refractivity contribution in [3.05, 3.63) is 28.2 Å². The van der Waals surface area contributed by atoms with Gasteiger partial charge in [-0.2, -0.15) is 0 Å². The van der Waals surface area contributed by atoms with Gasteiger partial charge in [0.2, 0.25) is 0 Å². The second kappa shape index (κ2) is 7.45. The van der Waals surface area contributed by atoms with E-state index >= 15 is 0 Å². The number of nitrogens with zero attached hydrogens (tertiary/aromatic N) is 1. The van der Waals surface area contributed by atoms with Crippen LogP contribution in [-0.2, 0) is 14.8 Å². The predicted octanol–water partition coefficient (Wildman–Crippen LogP) is 2.53. The Morgan fingerprint density at radius 2 is 1.81 bits per heavy atom. The lowest BCUT2D eigenvalue weighted by Gasteiger charge is -2.23. The minimum Gasteiger partial charge on any atom is -0.298 e. The van der Waals surface area contributed by atoms with E-state index in [1.54, 1.807) is 19.0 Å². The second-order valence-electron chi connectivity index (χ2n) is 4.79. The minimum absolute atomic E-state index is 0.0281. The number of carbonyl (C=O) groups excluding carboxylic acids is 1. The fraction of sp³-hybridized carbons (Fsp3) is 0.462. The highest BCUT2D eigenvalue weighted by Gasteiger charge is 2.28. The maximum atomic E-state index is 12.3. The van der Waals surface area contributed by atoms with Crippen molar-refractivity contribution in [1.82, 2.24) is 9.62 Å². The average Bonchev–Trinajstić information content (AvgIpc) is 2.34. The van der Waals surface area contributed by atoms with Crippen molar-refractivity contribution >= 4 is 39.1 Å². The van der Waals surface area contributed by atoms with Crippen molar-refractivity contribution in [2.45, 2.75) is 30.7 Å². The third-order valence-electron chi connectivity index (χ3n) is 2.91. The molecule has 0 spiro atoms. The molecule has 8 heteroatoms.